The number of hydrogen-bond acceptors (Lipinski definition) is 5. The summed E-state index contributed by atoms with van der Waals surface area (Å²) in [6.07, 6.45) is 3.71. The number of esters is 1. The lowest BCUT2D eigenvalue weighted by Gasteiger charge is -2.28. The quantitative estimate of drug-likeness (QED) is 0.837. The van der Waals surface area contributed by atoms with Crippen molar-refractivity contribution < 1.29 is 14.3 Å². The van der Waals surface area contributed by atoms with Gasteiger partial charge in [0, 0.05) is 43.8 Å². The summed E-state index contributed by atoms with van der Waals surface area (Å²) in [5.41, 5.74) is 0.541. The first-order chi connectivity index (χ1) is 11.2. The minimum Gasteiger partial charge on any atom is -0.457 e. The highest BCUT2D eigenvalue weighted by Gasteiger charge is 2.40. The number of nitrogens with one attached hydrogen (secondary N) is 1. The Morgan fingerprint density at radius 2 is 2.26 bits per heavy atom. The van der Waals surface area contributed by atoms with Crippen LogP contribution in [-0.2, 0) is 9.53 Å². The zero-order valence-electron chi connectivity index (χ0n) is 12.6. The number of ether oxygens (including phenoxy) is 1. The van der Waals surface area contributed by atoms with Gasteiger partial charge in [0.15, 0.2) is 0 Å². The summed E-state index contributed by atoms with van der Waals surface area (Å²) in [5.74, 6) is -0.307. The van der Waals surface area contributed by atoms with Crippen LogP contribution >= 0.6 is 0 Å². The van der Waals surface area contributed by atoms with Crippen LogP contribution in [0.2, 0.25) is 0 Å². The Morgan fingerprint density at radius 1 is 1.35 bits per heavy atom. The van der Waals surface area contributed by atoms with Crippen LogP contribution in [0.4, 0.5) is 0 Å². The Kier molecular flexibility index (Phi) is 3.46. The van der Waals surface area contributed by atoms with Crippen LogP contribution < -0.4 is 5.32 Å². The summed E-state index contributed by atoms with van der Waals surface area (Å²) in [7, 11) is 0. The van der Waals surface area contributed by atoms with Crippen LogP contribution in [0, 0.1) is 0 Å². The number of fused-ring (bicyclic) bond motifs is 2. The third-order valence-electron chi connectivity index (χ3n) is 4.54. The molecular formula is C17H17N3O3. The molecule has 0 spiro atoms. The van der Waals surface area contributed by atoms with Crippen LogP contribution in [0.3, 0.4) is 0 Å². The second-order valence-corrected chi connectivity index (χ2v) is 5.97. The summed E-state index contributed by atoms with van der Waals surface area (Å²) in [5, 5.41) is 4.60. The highest BCUT2D eigenvalue weighted by atomic mass is 16.5. The lowest BCUT2D eigenvalue weighted by atomic mass is 10.1. The van der Waals surface area contributed by atoms with Gasteiger partial charge in [-0.15, -0.1) is 0 Å². The van der Waals surface area contributed by atoms with E-state index < -0.39 is 0 Å². The maximum Gasteiger partial charge on any atom is 0.339 e. The average Bonchev–Trinajstić information content (AvgIpc) is 2.98. The van der Waals surface area contributed by atoms with Crippen LogP contribution in [0.1, 0.15) is 16.8 Å². The lowest BCUT2D eigenvalue weighted by Crippen LogP contribution is -2.51. The van der Waals surface area contributed by atoms with Gasteiger partial charge in [0.2, 0.25) is 5.91 Å². The van der Waals surface area contributed by atoms with Crippen molar-refractivity contribution in [3.05, 3.63) is 42.2 Å². The third kappa shape index (κ3) is 2.55. The molecule has 1 aromatic heterocycles. The van der Waals surface area contributed by atoms with E-state index in [1.165, 1.54) is 0 Å². The number of piperazine rings is 1. The second kappa shape index (κ2) is 5.62. The number of aromatic nitrogens is 1. The molecule has 0 radical (unpaired) electrons. The fraction of sp³-hybridized carbons (Fsp3) is 0.353. The van der Waals surface area contributed by atoms with Crippen molar-refractivity contribution in [1.29, 1.82) is 0 Å². The average molecular weight is 311 g/mol. The molecule has 0 aliphatic carbocycles. The van der Waals surface area contributed by atoms with Crippen molar-refractivity contribution in [2.24, 2.45) is 0 Å². The molecule has 1 aromatic carbocycles. The Bertz CT molecular complexity index is 771. The molecule has 1 N–H and O–H groups in total. The summed E-state index contributed by atoms with van der Waals surface area (Å²) >= 11 is 0. The molecule has 2 aliphatic rings. The summed E-state index contributed by atoms with van der Waals surface area (Å²) in [4.78, 5) is 30.5. The molecule has 6 heteroatoms. The van der Waals surface area contributed by atoms with Crippen molar-refractivity contribution in [2.45, 2.75) is 18.6 Å². The van der Waals surface area contributed by atoms with Gasteiger partial charge in [-0.25, -0.2) is 4.79 Å². The first kappa shape index (κ1) is 14.1. The molecule has 2 aromatic rings. The van der Waals surface area contributed by atoms with E-state index in [1.807, 2.05) is 18.2 Å². The minimum absolute atomic E-state index is 0.0334. The van der Waals surface area contributed by atoms with E-state index in [0.29, 0.717) is 25.1 Å². The van der Waals surface area contributed by atoms with E-state index in [-0.39, 0.29) is 24.0 Å². The molecule has 0 bridgehead atoms. The number of benzene rings is 1. The summed E-state index contributed by atoms with van der Waals surface area (Å²) in [6, 6.07) is 7.15. The minimum atomic E-state index is -0.341. The van der Waals surface area contributed by atoms with E-state index in [1.54, 1.807) is 18.5 Å². The lowest BCUT2D eigenvalue weighted by molar-refractivity contribution is -0.127. The maximum absolute atomic E-state index is 12.5. The van der Waals surface area contributed by atoms with Gasteiger partial charge in [0.25, 0.3) is 0 Å². The van der Waals surface area contributed by atoms with Crippen molar-refractivity contribution in [1.82, 2.24) is 15.2 Å². The Hall–Kier alpha value is -2.47. The fourth-order valence-electron chi connectivity index (χ4n) is 3.42. The SMILES string of the molecule is O=C(O[C@@H]1C[C@H]2C(=O)NCCN2C1)c1cccc2cnccc12. The number of carbonyl (C=O) groups is 2. The van der Waals surface area contributed by atoms with Gasteiger partial charge >= 0.3 is 5.97 Å². The molecule has 2 fully saturated rings. The Morgan fingerprint density at radius 3 is 3.13 bits per heavy atom. The van der Waals surface area contributed by atoms with Crippen LogP contribution in [0.15, 0.2) is 36.7 Å². The van der Waals surface area contributed by atoms with E-state index in [0.717, 1.165) is 17.3 Å². The van der Waals surface area contributed by atoms with Crippen LogP contribution in [0.25, 0.3) is 10.8 Å². The van der Waals surface area contributed by atoms with Gasteiger partial charge in [0.1, 0.15) is 6.10 Å². The predicted molar refractivity (Wildman–Crippen MR) is 83.9 cm³/mol. The van der Waals surface area contributed by atoms with Gasteiger partial charge in [-0.05, 0) is 17.5 Å². The molecule has 0 unspecified atom stereocenters. The first-order valence-corrected chi connectivity index (χ1v) is 7.78. The molecule has 0 saturated carbocycles. The Labute approximate surface area is 133 Å². The number of carbonyl (C=O) groups excluding carboxylic acids is 2. The second-order valence-electron chi connectivity index (χ2n) is 5.97. The van der Waals surface area contributed by atoms with Crippen molar-refractivity contribution in [2.75, 3.05) is 19.6 Å². The van der Waals surface area contributed by atoms with E-state index >= 15 is 0 Å². The molecule has 4 rings (SSSR count). The zero-order chi connectivity index (χ0) is 15.8. The topological polar surface area (TPSA) is 71.5 Å². The first-order valence-electron chi connectivity index (χ1n) is 7.78. The number of rotatable bonds is 2. The molecule has 23 heavy (non-hydrogen) atoms. The van der Waals surface area contributed by atoms with Crippen LogP contribution in [0.5, 0.6) is 0 Å². The molecule has 6 nitrogen and oxygen atoms in total. The fourth-order valence-corrected chi connectivity index (χ4v) is 3.42. The van der Waals surface area contributed by atoms with Gasteiger partial charge in [0.05, 0.1) is 11.6 Å². The predicted octanol–water partition coefficient (Wildman–Crippen LogP) is 0.964. The smallest absolute Gasteiger partial charge is 0.339 e. The van der Waals surface area contributed by atoms with Gasteiger partial charge < -0.3 is 10.1 Å². The molecule has 1 amide bonds. The van der Waals surface area contributed by atoms with Crippen molar-refractivity contribution >= 4 is 22.6 Å². The summed E-state index contributed by atoms with van der Waals surface area (Å²) in [6.45, 7) is 2.09. The molecule has 118 valence electrons. The number of amides is 1. The third-order valence-corrected chi connectivity index (χ3v) is 4.54. The highest BCUT2D eigenvalue weighted by Crippen LogP contribution is 2.24. The highest BCUT2D eigenvalue weighted by molar-refractivity contribution is 6.04. The van der Waals surface area contributed by atoms with Crippen LogP contribution in [-0.4, -0.2) is 53.5 Å². The maximum atomic E-state index is 12.5. The normalized spacial score (nSPS) is 24.3. The van der Waals surface area contributed by atoms with E-state index in [9.17, 15) is 9.59 Å². The van der Waals surface area contributed by atoms with Gasteiger partial charge in [-0.2, -0.15) is 0 Å². The zero-order valence-corrected chi connectivity index (χ0v) is 12.6. The molecule has 2 aliphatic heterocycles. The van der Waals surface area contributed by atoms with Crippen molar-refractivity contribution in [3.8, 4) is 0 Å². The molecule has 2 saturated heterocycles. The van der Waals surface area contributed by atoms with Crippen molar-refractivity contribution in [3.63, 3.8) is 0 Å². The Balaban J connectivity index is 1.53. The monoisotopic (exact) mass is 311 g/mol. The number of nitrogens with zero attached hydrogens (tertiary/aromatic N) is 2. The molecular weight excluding hydrogens is 294 g/mol. The molecule has 2 atom stereocenters. The van der Waals surface area contributed by atoms with E-state index in [2.05, 4.69) is 15.2 Å². The van der Waals surface area contributed by atoms with Gasteiger partial charge in [-0.1, -0.05) is 12.1 Å². The van der Waals surface area contributed by atoms with Gasteiger partial charge in [-0.3, -0.25) is 14.7 Å². The summed E-state index contributed by atoms with van der Waals surface area (Å²) < 4.78 is 5.66. The van der Waals surface area contributed by atoms with E-state index in [4.69, 9.17) is 4.74 Å². The standard InChI is InChI=1S/C17H17N3O3/c21-16-15-8-12(10-20(15)7-6-19-16)23-17(22)14-3-1-2-11-9-18-5-4-13(11)14/h1-5,9,12,15H,6-8,10H2,(H,19,21)/t12-,15+/m1/s1. The number of pyridine rings is 1. The number of hydrogen-bond donors (Lipinski definition) is 1. The largest absolute Gasteiger partial charge is 0.457 e. The molecule has 3 heterocycles.